The maximum atomic E-state index is 13.7. The van der Waals surface area contributed by atoms with E-state index in [0.29, 0.717) is 78.2 Å². The second-order valence-corrected chi connectivity index (χ2v) is 10.5. The maximum Gasteiger partial charge on any atom is 0.344 e. The van der Waals surface area contributed by atoms with Crippen molar-refractivity contribution in [2.75, 3.05) is 21.0 Å². The van der Waals surface area contributed by atoms with E-state index in [4.69, 9.17) is 33.1 Å². The summed E-state index contributed by atoms with van der Waals surface area (Å²) in [5.74, 6) is 2.67. The second-order valence-electron chi connectivity index (χ2n) is 9.64. The van der Waals surface area contributed by atoms with Gasteiger partial charge in [-0.3, -0.25) is 0 Å². The third kappa shape index (κ3) is 3.58. The summed E-state index contributed by atoms with van der Waals surface area (Å²) in [4.78, 5) is 23.2. The molecule has 11 nitrogen and oxygen atoms in total. The van der Waals surface area contributed by atoms with Gasteiger partial charge in [0.25, 0.3) is 0 Å². The van der Waals surface area contributed by atoms with E-state index in [1.165, 1.54) is 6.33 Å². The van der Waals surface area contributed by atoms with E-state index >= 15 is 0 Å². The van der Waals surface area contributed by atoms with Gasteiger partial charge in [-0.15, -0.1) is 5.10 Å². The molecule has 5 heterocycles. The van der Waals surface area contributed by atoms with Crippen LogP contribution in [0, 0.1) is 0 Å². The van der Waals surface area contributed by atoms with Gasteiger partial charge in [0.15, 0.2) is 40.2 Å². The lowest BCUT2D eigenvalue weighted by molar-refractivity contribution is 0.174. The van der Waals surface area contributed by atoms with E-state index in [-0.39, 0.29) is 6.79 Å². The summed E-state index contributed by atoms with van der Waals surface area (Å²) in [5.41, 5.74) is 2.62. The molecule has 0 spiro atoms. The molecule has 208 valence electrons. The lowest BCUT2D eigenvalue weighted by atomic mass is 9.84. The average molecular weight is 627 g/mol. The first kappa shape index (κ1) is 24.7. The highest BCUT2D eigenvalue weighted by Gasteiger charge is 2.38. The number of hydrogen-bond donors (Lipinski definition) is 0. The molecule has 0 amide bonds. The van der Waals surface area contributed by atoms with Crippen LogP contribution in [0.25, 0.3) is 28.0 Å². The van der Waals surface area contributed by atoms with E-state index in [1.807, 2.05) is 42.5 Å². The Morgan fingerprint density at radius 1 is 1.00 bits per heavy atom. The van der Waals surface area contributed by atoms with Crippen molar-refractivity contribution >= 4 is 32.5 Å². The lowest BCUT2D eigenvalue weighted by Crippen LogP contribution is -2.22. The molecule has 0 fully saturated rings. The Labute approximate surface area is 245 Å². The Morgan fingerprint density at radius 2 is 1.86 bits per heavy atom. The maximum absolute atomic E-state index is 13.7. The summed E-state index contributed by atoms with van der Waals surface area (Å²) in [7, 11) is 3.11. The standard InChI is InChI=1S/C30H19BrN4O7/c1-37-21-11-15(9-17(31)26(21)38-2)22-23-25(16-5-3-4-6-18(16)41-30(23)36)42-29-24(22)28-33-27(34-35(28)12-32-29)14-7-8-19-20(10-14)40-13-39-19/h3-12,22H,13H2,1-2H3. The highest BCUT2D eigenvalue weighted by Crippen LogP contribution is 2.51. The fourth-order valence-corrected chi connectivity index (χ4v) is 6.15. The third-order valence-electron chi connectivity index (χ3n) is 7.38. The Morgan fingerprint density at radius 3 is 2.71 bits per heavy atom. The van der Waals surface area contributed by atoms with Crippen LogP contribution in [0.2, 0.25) is 0 Å². The van der Waals surface area contributed by atoms with Gasteiger partial charge in [0.2, 0.25) is 12.7 Å². The molecule has 2 aliphatic heterocycles. The average Bonchev–Trinajstić information content (AvgIpc) is 3.66. The molecule has 3 aromatic heterocycles. The number of para-hydroxylation sites is 1. The van der Waals surface area contributed by atoms with Gasteiger partial charge in [-0.1, -0.05) is 12.1 Å². The van der Waals surface area contributed by atoms with Crippen LogP contribution in [0.3, 0.4) is 0 Å². The lowest BCUT2D eigenvalue weighted by Gasteiger charge is -2.28. The monoisotopic (exact) mass is 626 g/mol. The van der Waals surface area contributed by atoms with Crippen LogP contribution >= 0.6 is 15.9 Å². The van der Waals surface area contributed by atoms with Crippen LogP contribution < -0.4 is 29.3 Å². The quantitative estimate of drug-likeness (QED) is 0.225. The van der Waals surface area contributed by atoms with Gasteiger partial charge in [-0.05, 0) is 64.0 Å². The summed E-state index contributed by atoms with van der Waals surface area (Å²) < 4.78 is 36.6. The van der Waals surface area contributed by atoms with Gasteiger partial charge >= 0.3 is 5.63 Å². The van der Waals surface area contributed by atoms with E-state index < -0.39 is 11.5 Å². The fourth-order valence-electron chi connectivity index (χ4n) is 5.53. The van der Waals surface area contributed by atoms with Crippen molar-refractivity contribution < 1.29 is 28.1 Å². The number of fused-ring (bicyclic) bond motifs is 7. The zero-order chi connectivity index (χ0) is 28.5. The highest BCUT2D eigenvalue weighted by molar-refractivity contribution is 9.10. The Kier molecular flexibility index (Phi) is 5.41. The predicted octanol–water partition coefficient (Wildman–Crippen LogP) is 5.69. The van der Waals surface area contributed by atoms with E-state index in [1.54, 1.807) is 30.9 Å². The van der Waals surface area contributed by atoms with Crippen LogP contribution in [-0.2, 0) is 0 Å². The Hall–Kier alpha value is -5.10. The minimum Gasteiger partial charge on any atom is -0.493 e. The first-order valence-corrected chi connectivity index (χ1v) is 13.6. The predicted molar refractivity (Wildman–Crippen MR) is 153 cm³/mol. The molecule has 6 aromatic rings. The van der Waals surface area contributed by atoms with Gasteiger partial charge in [-0.25, -0.2) is 19.3 Å². The number of aromatic nitrogens is 4. The van der Waals surface area contributed by atoms with Gasteiger partial charge in [0.05, 0.1) is 41.1 Å². The van der Waals surface area contributed by atoms with Gasteiger partial charge in [-0.2, -0.15) is 0 Å². The number of methoxy groups -OCH3 is 2. The molecular formula is C30H19BrN4O7. The first-order valence-electron chi connectivity index (χ1n) is 12.8. The molecule has 2 aliphatic rings. The number of ether oxygens (including phenoxy) is 5. The molecule has 8 rings (SSSR count). The summed E-state index contributed by atoms with van der Waals surface area (Å²) in [5, 5.41) is 5.33. The van der Waals surface area contributed by atoms with Crippen LogP contribution in [0.1, 0.15) is 22.6 Å². The number of benzene rings is 3. The zero-order valence-electron chi connectivity index (χ0n) is 22.1. The molecule has 0 radical (unpaired) electrons. The molecule has 1 unspecified atom stereocenters. The summed E-state index contributed by atoms with van der Waals surface area (Å²) in [6, 6.07) is 16.4. The normalized spacial score (nSPS) is 14.9. The number of nitrogens with zero attached hydrogens (tertiary/aromatic N) is 4. The van der Waals surface area contributed by atoms with Gasteiger partial charge < -0.3 is 28.1 Å². The van der Waals surface area contributed by atoms with E-state index in [9.17, 15) is 4.79 Å². The van der Waals surface area contributed by atoms with Crippen molar-refractivity contribution in [3.05, 3.63) is 92.5 Å². The number of hydrogen-bond acceptors (Lipinski definition) is 10. The third-order valence-corrected chi connectivity index (χ3v) is 7.97. The molecular weight excluding hydrogens is 608 g/mol. The van der Waals surface area contributed by atoms with Crippen LogP contribution in [0.5, 0.6) is 34.6 Å². The largest absolute Gasteiger partial charge is 0.493 e. The number of rotatable bonds is 4. The first-order chi connectivity index (χ1) is 20.5. The van der Waals surface area contributed by atoms with Crippen molar-refractivity contribution in [3.8, 4) is 46.0 Å². The molecule has 0 bridgehead atoms. The van der Waals surface area contributed by atoms with Crippen molar-refractivity contribution in [3.63, 3.8) is 0 Å². The van der Waals surface area contributed by atoms with Crippen LogP contribution in [0.15, 0.2) is 74.6 Å². The molecule has 0 N–H and O–H groups in total. The summed E-state index contributed by atoms with van der Waals surface area (Å²) in [6.45, 7) is 0.158. The van der Waals surface area contributed by atoms with Crippen molar-refractivity contribution in [2.45, 2.75) is 5.92 Å². The minimum atomic E-state index is -0.703. The molecule has 0 aliphatic carbocycles. The minimum absolute atomic E-state index is 0.158. The number of halogens is 1. The Bertz CT molecular complexity index is 2140. The smallest absolute Gasteiger partial charge is 0.344 e. The zero-order valence-corrected chi connectivity index (χ0v) is 23.7. The fraction of sp³-hybridized carbons (Fsp3) is 0.133. The van der Waals surface area contributed by atoms with Crippen LogP contribution in [0.4, 0.5) is 0 Å². The SMILES string of the molecule is COc1cc(C2c3c(c4ccccc4oc3=O)Oc3ncn4nc(-c5ccc6c(c5)OCO6)nc4c32)cc(Br)c1OC. The van der Waals surface area contributed by atoms with Crippen molar-refractivity contribution in [1.29, 1.82) is 0 Å². The molecule has 1 atom stereocenters. The molecule has 0 saturated carbocycles. The van der Waals surface area contributed by atoms with Crippen molar-refractivity contribution in [1.82, 2.24) is 19.6 Å². The topological polar surface area (TPSA) is 119 Å². The highest BCUT2D eigenvalue weighted by atomic mass is 79.9. The Balaban J connectivity index is 1.41. The van der Waals surface area contributed by atoms with Crippen molar-refractivity contribution in [2.24, 2.45) is 0 Å². The molecule has 42 heavy (non-hydrogen) atoms. The molecule has 12 heteroatoms. The second kappa shape index (κ2) is 9.21. The van der Waals surface area contributed by atoms with Crippen LogP contribution in [-0.4, -0.2) is 40.6 Å². The van der Waals surface area contributed by atoms with Gasteiger partial charge in [0.1, 0.15) is 11.9 Å². The molecule has 3 aromatic carbocycles. The summed E-state index contributed by atoms with van der Waals surface area (Å²) in [6.07, 6.45) is 1.54. The van der Waals surface area contributed by atoms with E-state index in [2.05, 4.69) is 26.0 Å². The van der Waals surface area contributed by atoms with Gasteiger partial charge in [0, 0.05) is 5.56 Å². The summed E-state index contributed by atoms with van der Waals surface area (Å²) >= 11 is 3.60. The molecule has 0 saturated heterocycles. The van der Waals surface area contributed by atoms with E-state index in [0.717, 1.165) is 5.56 Å².